The Labute approximate surface area is 122 Å². The predicted octanol–water partition coefficient (Wildman–Crippen LogP) is 2.79. The Balaban J connectivity index is 2.72. The van der Waals surface area contributed by atoms with E-state index in [4.69, 9.17) is 0 Å². The molecule has 1 aromatic carbocycles. The summed E-state index contributed by atoms with van der Waals surface area (Å²) < 4.78 is 11.1. The summed E-state index contributed by atoms with van der Waals surface area (Å²) in [6, 6.07) is 7.03. The van der Waals surface area contributed by atoms with Crippen molar-refractivity contribution >= 4 is 16.5 Å². The third-order valence-corrected chi connectivity index (χ3v) is 4.03. The molecule has 0 bridgehead atoms. The molecule has 1 aromatic rings. The van der Waals surface area contributed by atoms with E-state index in [9.17, 15) is 14.3 Å². The van der Waals surface area contributed by atoms with Crippen molar-refractivity contribution in [2.24, 2.45) is 0 Å². The van der Waals surface area contributed by atoms with Gasteiger partial charge in [-0.3, -0.25) is 14.3 Å². The van der Waals surface area contributed by atoms with Gasteiger partial charge in [-0.15, -0.1) is 0 Å². The summed E-state index contributed by atoms with van der Waals surface area (Å²) >= 11 is 0. The van der Waals surface area contributed by atoms with Crippen LogP contribution in [0.2, 0.25) is 0 Å². The largest absolute Gasteiger partial charge is 0.307 e. The first-order valence-corrected chi connectivity index (χ1v) is 8.47. The molecule has 3 atom stereocenters. The summed E-state index contributed by atoms with van der Waals surface area (Å²) in [7, 11) is -0.787. The molecule has 0 saturated heterocycles. The number of nitro benzene ring substituents is 1. The van der Waals surface area contributed by atoms with Crippen LogP contribution < -0.4 is 5.32 Å². The first kappa shape index (κ1) is 16.8. The molecule has 0 aliphatic carbocycles. The van der Waals surface area contributed by atoms with Crippen LogP contribution in [0.4, 0.5) is 5.69 Å². The van der Waals surface area contributed by atoms with E-state index in [0.717, 1.165) is 18.4 Å². The Bertz CT molecular complexity index is 479. The molecule has 3 unspecified atom stereocenters. The van der Waals surface area contributed by atoms with Gasteiger partial charge in [-0.05, 0) is 25.3 Å². The third-order valence-electron chi connectivity index (χ3n) is 3.22. The van der Waals surface area contributed by atoms with E-state index in [0.29, 0.717) is 5.75 Å². The highest BCUT2D eigenvalue weighted by atomic mass is 32.2. The van der Waals surface area contributed by atoms with Gasteiger partial charge in [0.05, 0.1) is 4.92 Å². The lowest BCUT2D eigenvalue weighted by molar-refractivity contribution is -0.384. The Morgan fingerprint density at radius 2 is 2.15 bits per heavy atom. The van der Waals surface area contributed by atoms with Gasteiger partial charge in [-0.25, -0.2) is 0 Å². The highest BCUT2D eigenvalue weighted by molar-refractivity contribution is 7.84. The van der Waals surface area contributed by atoms with E-state index in [1.54, 1.807) is 18.4 Å². The molecule has 0 fully saturated rings. The van der Waals surface area contributed by atoms with Crippen LogP contribution in [0.1, 0.15) is 38.3 Å². The molecular formula is C14H22N2O3S. The van der Waals surface area contributed by atoms with Gasteiger partial charge >= 0.3 is 0 Å². The van der Waals surface area contributed by atoms with Crippen molar-refractivity contribution in [2.45, 2.75) is 38.8 Å². The number of hydrogen-bond donors (Lipinski definition) is 1. The Hall–Kier alpha value is -1.27. The number of hydrogen-bond acceptors (Lipinski definition) is 4. The zero-order valence-corrected chi connectivity index (χ0v) is 13.0. The Morgan fingerprint density at radius 3 is 2.70 bits per heavy atom. The maximum atomic E-state index is 11.1. The number of rotatable bonds is 8. The number of non-ortho nitro benzene ring substituents is 1. The Morgan fingerprint density at radius 1 is 1.45 bits per heavy atom. The van der Waals surface area contributed by atoms with Gasteiger partial charge in [0.25, 0.3) is 5.69 Å². The van der Waals surface area contributed by atoms with E-state index in [1.807, 2.05) is 19.9 Å². The molecule has 0 heterocycles. The Kier molecular flexibility index (Phi) is 6.81. The molecule has 6 heteroatoms. The summed E-state index contributed by atoms with van der Waals surface area (Å²) in [6.07, 6.45) is 3.37. The number of nitro groups is 1. The smallest absolute Gasteiger partial charge is 0.269 e. The molecule has 0 saturated carbocycles. The van der Waals surface area contributed by atoms with Crippen molar-refractivity contribution in [1.82, 2.24) is 5.32 Å². The zero-order chi connectivity index (χ0) is 15.1. The maximum Gasteiger partial charge on any atom is 0.269 e. The molecular weight excluding hydrogens is 276 g/mol. The molecule has 0 aromatic heterocycles. The summed E-state index contributed by atoms with van der Waals surface area (Å²) in [5.74, 6) is 0.666. The fourth-order valence-electron chi connectivity index (χ4n) is 2.07. The van der Waals surface area contributed by atoms with Gasteiger partial charge in [0.15, 0.2) is 0 Å². The maximum absolute atomic E-state index is 11.1. The molecule has 1 rings (SSSR count). The van der Waals surface area contributed by atoms with Crippen LogP contribution in [0, 0.1) is 10.1 Å². The third kappa shape index (κ3) is 5.38. The van der Waals surface area contributed by atoms with Gasteiger partial charge in [0, 0.05) is 47.0 Å². The summed E-state index contributed by atoms with van der Waals surface area (Å²) in [4.78, 5) is 10.4. The average Bonchev–Trinajstić information content (AvgIpc) is 2.42. The zero-order valence-electron chi connectivity index (χ0n) is 12.2. The summed E-state index contributed by atoms with van der Waals surface area (Å²) in [5.41, 5.74) is 1.04. The molecule has 0 spiro atoms. The van der Waals surface area contributed by atoms with Crippen LogP contribution in [0.3, 0.4) is 0 Å². The minimum atomic E-state index is -0.787. The summed E-state index contributed by atoms with van der Waals surface area (Å²) in [6.45, 7) is 4.09. The standard InChI is InChI=1S/C14H22N2O3S/c1-4-14(15-11(2)8-9-20(3)19)12-6-5-7-13(10-12)16(17)18/h5-7,10-11,14-15H,4,8-9H2,1-3H3. The number of nitrogens with one attached hydrogen (secondary N) is 1. The van der Waals surface area contributed by atoms with Gasteiger partial charge in [0.1, 0.15) is 0 Å². The second kappa shape index (κ2) is 8.11. The van der Waals surface area contributed by atoms with Crippen LogP contribution in [0.5, 0.6) is 0 Å². The fraction of sp³-hybridized carbons (Fsp3) is 0.571. The lowest BCUT2D eigenvalue weighted by Gasteiger charge is -2.22. The second-order valence-electron chi connectivity index (χ2n) is 4.95. The SMILES string of the molecule is CCC(NC(C)CCS(C)=O)c1cccc([N+](=O)[O-])c1. The highest BCUT2D eigenvalue weighted by Gasteiger charge is 2.15. The molecule has 0 aliphatic heterocycles. The van der Waals surface area contributed by atoms with Crippen LogP contribution in [-0.2, 0) is 10.8 Å². The normalized spacial score (nSPS) is 15.6. The van der Waals surface area contributed by atoms with E-state index in [1.165, 1.54) is 6.07 Å². The lowest BCUT2D eigenvalue weighted by atomic mass is 10.0. The predicted molar refractivity (Wildman–Crippen MR) is 82.3 cm³/mol. The van der Waals surface area contributed by atoms with Crippen molar-refractivity contribution in [3.05, 3.63) is 39.9 Å². The van der Waals surface area contributed by atoms with Gasteiger partial charge in [-0.1, -0.05) is 19.1 Å². The molecule has 5 nitrogen and oxygen atoms in total. The van der Waals surface area contributed by atoms with Crippen molar-refractivity contribution in [3.63, 3.8) is 0 Å². The quantitative estimate of drug-likeness (QED) is 0.591. The molecule has 1 N–H and O–H groups in total. The fourth-order valence-corrected chi connectivity index (χ4v) is 2.76. The van der Waals surface area contributed by atoms with Gasteiger partial charge in [0.2, 0.25) is 0 Å². The minimum absolute atomic E-state index is 0.0789. The van der Waals surface area contributed by atoms with Crippen LogP contribution in [0.15, 0.2) is 24.3 Å². The van der Waals surface area contributed by atoms with E-state index >= 15 is 0 Å². The van der Waals surface area contributed by atoms with Crippen LogP contribution in [-0.4, -0.2) is 27.2 Å². The molecule has 0 aliphatic rings. The number of nitrogens with zero attached hydrogens (tertiary/aromatic N) is 1. The first-order chi connectivity index (χ1) is 9.43. The first-order valence-electron chi connectivity index (χ1n) is 6.74. The average molecular weight is 298 g/mol. The molecule has 0 radical (unpaired) electrons. The highest BCUT2D eigenvalue weighted by Crippen LogP contribution is 2.22. The lowest BCUT2D eigenvalue weighted by Crippen LogP contribution is -2.31. The van der Waals surface area contributed by atoms with Crippen molar-refractivity contribution in [3.8, 4) is 0 Å². The topological polar surface area (TPSA) is 72.2 Å². The minimum Gasteiger partial charge on any atom is -0.307 e. The second-order valence-corrected chi connectivity index (χ2v) is 6.50. The molecule has 0 amide bonds. The number of benzene rings is 1. The van der Waals surface area contributed by atoms with Crippen LogP contribution >= 0.6 is 0 Å². The van der Waals surface area contributed by atoms with Crippen molar-refractivity contribution < 1.29 is 9.13 Å². The van der Waals surface area contributed by atoms with Gasteiger partial charge in [-0.2, -0.15) is 0 Å². The van der Waals surface area contributed by atoms with Crippen LogP contribution in [0.25, 0.3) is 0 Å². The summed E-state index contributed by atoms with van der Waals surface area (Å²) in [5, 5.41) is 14.3. The van der Waals surface area contributed by atoms with Crippen molar-refractivity contribution in [2.75, 3.05) is 12.0 Å². The monoisotopic (exact) mass is 298 g/mol. The van der Waals surface area contributed by atoms with Gasteiger partial charge < -0.3 is 5.32 Å². The van der Waals surface area contributed by atoms with Crippen molar-refractivity contribution in [1.29, 1.82) is 0 Å². The van der Waals surface area contributed by atoms with E-state index in [-0.39, 0.29) is 22.7 Å². The van der Waals surface area contributed by atoms with E-state index < -0.39 is 10.8 Å². The molecule has 20 heavy (non-hydrogen) atoms. The molecule has 112 valence electrons. The van der Waals surface area contributed by atoms with E-state index in [2.05, 4.69) is 5.32 Å².